The maximum Gasteiger partial charge on any atom is 0.247 e. The molecule has 1 heterocycles. The molecular weight excluding hydrogens is 455 g/mol. The fourth-order valence-corrected chi connectivity index (χ4v) is 5.83. The maximum atomic E-state index is 14.0. The minimum atomic E-state index is -3.91. The Morgan fingerprint density at radius 1 is 1.26 bits per heavy atom. The summed E-state index contributed by atoms with van der Waals surface area (Å²) >= 11 is 0. The minimum Gasteiger partial charge on any atom is -0.487 e. The van der Waals surface area contributed by atoms with Crippen molar-refractivity contribution in [1.82, 2.24) is 9.21 Å². The third kappa shape index (κ3) is 5.97. The van der Waals surface area contributed by atoms with Crippen LogP contribution in [0.2, 0.25) is 0 Å². The van der Waals surface area contributed by atoms with Crippen molar-refractivity contribution in [1.29, 1.82) is 0 Å². The molecule has 0 spiro atoms. The Bertz CT molecular complexity index is 1160. The third-order valence-electron chi connectivity index (χ3n) is 5.98. The monoisotopic (exact) mass is 488 g/mol. The SMILES string of the molecule is CCCN(C)C[C@@H]1Oc2cc(C#Cc3ccccc3F)ccc2S(=O)(=O)N([C@@H](C)CO)C[C@H]1C. The third-order valence-corrected chi connectivity index (χ3v) is 8.00. The molecule has 184 valence electrons. The molecule has 0 unspecified atom stereocenters. The van der Waals surface area contributed by atoms with E-state index in [1.54, 1.807) is 37.3 Å². The van der Waals surface area contributed by atoms with Crippen molar-refractivity contribution in [2.75, 3.05) is 33.3 Å². The molecular formula is C26H33FN2O4S. The van der Waals surface area contributed by atoms with Gasteiger partial charge in [-0.1, -0.05) is 37.8 Å². The number of halogens is 1. The van der Waals surface area contributed by atoms with Gasteiger partial charge in [0.05, 0.1) is 12.2 Å². The molecule has 34 heavy (non-hydrogen) atoms. The topological polar surface area (TPSA) is 70.1 Å². The fourth-order valence-electron chi connectivity index (χ4n) is 4.00. The van der Waals surface area contributed by atoms with Crippen LogP contribution in [0.25, 0.3) is 0 Å². The van der Waals surface area contributed by atoms with Gasteiger partial charge in [0, 0.05) is 30.6 Å². The molecule has 0 saturated carbocycles. The van der Waals surface area contributed by atoms with Crippen LogP contribution in [0, 0.1) is 23.6 Å². The average molecular weight is 489 g/mol. The number of benzene rings is 2. The Hall–Kier alpha value is -2.44. The number of hydrogen-bond donors (Lipinski definition) is 1. The van der Waals surface area contributed by atoms with E-state index in [0.29, 0.717) is 12.1 Å². The van der Waals surface area contributed by atoms with E-state index >= 15 is 0 Å². The van der Waals surface area contributed by atoms with Crippen LogP contribution in [0.3, 0.4) is 0 Å². The van der Waals surface area contributed by atoms with Crippen LogP contribution >= 0.6 is 0 Å². The number of hydrogen-bond acceptors (Lipinski definition) is 5. The summed E-state index contributed by atoms with van der Waals surface area (Å²) in [7, 11) is -1.90. The summed E-state index contributed by atoms with van der Waals surface area (Å²) in [6, 6.07) is 10.3. The zero-order valence-corrected chi connectivity index (χ0v) is 21.0. The number of rotatable bonds is 6. The highest BCUT2D eigenvalue weighted by molar-refractivity contribution is 7.89. The molecule has 6 nitrogen and oxygen atoms in total. The second-order valence-corrected chi connectivity index (χ2v) is 10.8. The van der Waals surface area contributed by atoms with Crippen LogP contribution in [-0.4, -0.2) is 68.2 Å². The van der Waals surface area contributed by atoms with Crippen molar-refractivity contribution in [3.63, 3.8) is 0 Å². The number of ether oxygens (including phenoxy) is 1. The van der Waals surface area contributed by atoms with E-state index in [1.165, 1.54) is 16.4 Å². The molecule has 1 aliphatic rings. The van der Waals surface area contributed by atoms with E-state index in [4.69, 9.17) is 4.74 Å². The van der Waals surface area contributed by atoms with Gasteiger partial charge in [-0.25, -0.2) is 12.8 Å². The van der Waals surface area contributed by atoms with Crippen molar-refractivity contribution in [3.8, 4) is 17.6 Å². The summed E-state index contributed by atoms with van der Waals surface area (Å²) in [6.07, 6.45) is 0.723. The Morgan fingerprint density at radius 2 is 2.00 bits per heavy atom. The summed E-state index contributed by atoms with van der Waals surface area (Å²) in [5.74, 6) is 5.41. The Morgan fingerprint density at radius 3 is 2.68 bits per heavy atom. The molecule has 3 atom stereocenters. The lowest BCUT2D eigenvalue weighted by atomic mass is 10.0. The molecule has 0 aromatic heterocycles. The molecule has 8 heteroatoms. The van der Waals surface area contributed by atoms with Gasteiger partial charge in [0.25, 0.3) is 0 Å². The van der Waals surface area contributed by atoms with Gasteiger partial charge in [0.15, 0.2) is 0 Å². The molecule has 0 fully saturated rings. The van der Waals surface area contributed by atoms with Gasteiger partial charge in [-0.2, -0.15) is 4.31 Å². The number of sulfonamides is 1. The number of aliphatic hydroxyl groups excluding tert-OH is 1. The summed E-state index contributed by atoms with van der Waals surface area (Å²) in [4.78, 5) is 2.21. The van der Waals surface area contributed by atoms with Crippen molar-refractivity contribution in [2.45, 2.75) is 44.2 Å². The Labute approximate surface area is 202 Å². The minimum absolute atomic E-state index is 0.0410. The van der Waals surface area contributed by atoms with E-state index < -0.39 is 21.9 Å². The normalized spacial score (nSPS) is 20.9. The lowest BCUT2D eigenvalue weighted by Gasteiger charge is -2.37. The van der Waals surface area contributed by atoms with Gasteiger partial charge < -0.3 is 14.7 Å². The van der Waals surface area contributed by atoms with Gasteiger partial charge in [0.2, 0.25) is 10.0 Å². The first-order chi connectivity index (χ1) is 16.2. The standard InChI is InChI=1S/C26H33FN2O4S/c1-5-14-28(4)17-25-19(2)16-29(20(3)18-30)34(31,32)26-13-11-21(15-24(26)33-25)10-12-22-8-6-7-9-23(22)27/h6-9,11,13,15,19-20,25,30H,5,14,16-18H2,1-4H3/t19-,20+,25+/m1/s1. The first-order valence-corrected chi connectivity index (χ1v) is 13.0. The van der Waals surface area contributed by atoms with Crippen LogP contribution in [0.15, 0.2) is 47.4 Å². The molecule has 0 bridgehead atoms. The summed E-state index contributed by atoms with van der Waals surface area (Å²) in [6.45, 7) is 7.23. The van der Waals surface area contributed by atoms with E-state index in [2.05, 4.69) is 23.7 Å². The Balaban J connectivity index is 2.07. The molecule has 0 saturated heterocycles. The predicted octanol–water partition coefficient (Wildman–Crippen LogP) is 3.34. The molecule has 0 aliphatic carbocycles. The summed E-state index contributed by atoms with van der Waals surface area (Å²) in [5.41, 5.74) is 0.784. The lowest BCUT2D eigenvalue weighted by molar-refractivity contribution is 0.0752. The molecule has 0 amide bonds. The second kappa shape index (κ2) is 11.3. The largest absolute Gasteiger partial charge is 0.487 e. The Kier molecular flexibility index (Phi) is 8.72. The summed E-state index contributed by atoms with van der Waals surface area (Å²) < 4.78 is 48.7. The zero-order chi connectivity index (χ0) is 24.9. The first kappa shape index (κ1) is 26.2. The number of aliphatic hydroxyl groups is 1. The smallest absolute Gasteiger partial charge is 0.247 e. The van der Waals surface area contributed by atoms with Crippen LogP contribution in [0.5, 0.6) is 5.75 Å². The maximum absolute atomic E-state index is 14.0. The average Bonchev–Trinajstić information content (AvgIpc) is 2.80. The molecule has 0 radical (unpaired) electrons. The van der Waals surface area contributed by atoms with Crippen LogP contribution in [0.4, 0.5) is 4.39 Å². The number of fused-ring (bicyclic) bond motifs is 1. The predicted molar refractivity (Wildman–Crippen MR) is 131 cm³/mol. The van der Waals surface area contributed by atoms with Crippen LogP contribution in [-0.2, 0) is 10.0 Å². The van der Waals surface area contributed by atoms with Crippen molar-refractivity contribution < 1.29 is 22.7 Å². The molecule has 2 aromatic carbocycles. The van der Waals surface area contributed by atoms with Gasteiger partial charge in [-0.15, -0.1) is 0 Å². The second-order valence-electron chi connectivity index (χ2n) is 8.89. The molecule has 3 rings (SSSR count). The zero-order valence-electron chi connectivity index (χ0n) is 20.2. The van der Waals surface area contributed by atoms with Crippen molar-refractivity contribution in [2.24, 2.45) is 5.92 Å². The fraction of sp³-hybridized carbons (Fsp3) is 0.462. The van der Waals surface area contributed by atoms with E-state index in [-0.39, 0.29) is 41.4 Å². The van der Waals surface area contributed by atoms with Crippen molar-refractivity contribution >= 4 is 10.0 Å². The van der Waals surface area contributed by atoms with Crippen LogP contribution < -0.4 is 4.74 Å². The molecule has 1 N–H and O–H groups in total. The molecule has 1 aliphatic heterocycles. The van der Waals surface area contributed by atoms with E-state index in [9.17, 15) is 17.9 Å². The van der Waals surface area contributed by atoms with Gasteiger partial charge in [-0.3, -0.25) is 0 Å². The van der Waals surface area contributed by atoms with E-state index in [0.717, 1.165) is 13.0 Å². The van der Waals surface area contributed by atoms with Crippen molar-refractivity contribution in [3.05, 3.63) is 59.4 Å². The summed E-state index contributed by atoms with van der Waals surface area (Å²) in [5, 5.41) is 9.75. The first-order valence-electron chi connectivity index (χ1n) is 11.6. The van der Waals surface area contributed by atoms with E-state index in [1.807, 2.05) is 14.0 Å². The van der Waals surface area contributed by atoms with Gasteiger partial charge in [-0.05, 0) is 57.3 Å². The lowest BCUT2D eigenvalue weighted by Crippen LogP contribution is -2.49. The van der Waals surface area contributed by atoms with Crippen LogP contribution in [0.1, 0.15) is 38.3 Å². The highest BCUT2D eigenvalue weighted by Crippen LogP contribution is 2.34. The number of nitrogens with zero attached hydrogens (tertiary/aromatic N) is 2. The molecule has 2 aromatic rings. The highest BCUT2D eigenvalue weighted by Gasteiger charge is 2.38. The highest BCUT2D eigenvalue weighted by atomic mass is 32.2. The quantitative estimate of drug-likeness (QED) is 0.632. The van der Waals surface area contributed by atoms with Gasteiger partial charge in [0.1, 0.15) is 22.6 Å². The number of likely N-dealkylation sites (N-methyl/N-ethyl adjacent to an activating group) is 1. The van der Waals surface area contributed by atoms with Gasteiger partial charge >= 0.3 is 0 Å².